The Kier molecular flexibility index (Phi) is 6.96. The van der Waals surface area contributed by atoms with Crippen LogP contribution in [0.2, 0.25) is 37.8 Å². The first kappa shape index (κ1) is 25.3. The highest BCUT2D eigenvalue weighted by molar-refractivity contribution is 6.74. The molecule has 0 saturated heterocycles. The molecular formula is C26H40O4Si2. The molecule has 1 aromatic carbocycles. The molecule has 2 aliphatic rings. The molecule has 1 aromatic rings. The van der Waals surface area contributed by atoms with Crippen molar-refractivity contribution < 1.29 is 18.4 Å². The van der Waals surface area contributed by atoms with Crippen molar-refractivity contribution in [1.29, 1.82) is 0 Å². The molecule has 0 aromatic heterocycles. The average molecular weight is 473 g/mol. The highest BCUT2D eigenvalue weighted by Gasteiger charge is 2.62. The Morgan fingerprint density at radius 1 is 1.06 bits per heavy atom. The van der Waals surface area contributed by atoms with Crippen LogP contribution in [-0.2, 0) is 25.0 Å². The molecule has 1 saturated carbocycles. The van der Waals surface area contributed by atoms with Crippen LogP contribution in [0.1, 0.15) is 32.8 Å². The Balaban J connectivity index is 1.94. The normalized spacial score (nSPS) is 28.8. The van der Waals surface area contributed by atoms with Gasteiger partial charge in [-0.05, 0) is 48.9 Å². The number of ketones is 1. The predicted octanol–water partition coefficient (Wildman–Crippen LogP) is 6.27. The SMILES string of the molecule is C=C1C=C[C@@]2(CC(=O)C2OCc2ccccc2)[C@H](O[Si](C)(C)C)[C@H]1O[Si](C)(C)C(C)(C)C. The molecule has 0 heterocycles. The van der Waals surface area contributed by atoms with Crippen LogP contribution in [0.15, 0.2) is 54.6 Å². The Hall–Kier alpha value is -1.32. The number of hydrogen-bond acceptors (Lipinski definition) is 4. The Bertz CT molecular complexity index is 879. The quantitative estimate of drug-likeness (QED) is 0.439. The van der Waals surface area contributed by atoms with E-state index >= 15 is 0 Å². The van der Waals surface area contributed by atoms with Crippen molar-refractivity contribution >= 4 is 22.4 Å². The molecule has 1 unspecified atom stereocenters. The summed E-state index contributed by atoms with van der Waals surface area (Å²) in [5, 5.41) is 0.0595. The van der Waals surface area contributed by atoms with Gasteiger partial charge in [0.15, 0.2) is 22.4 Å². The van der Waals surface area contributed by atoms with Crippen LogP contribution in [0.5, 0.6) is 0 Å². The lowest BCUT2D eigenvalue weighted by atomic mass is 9.58. The number of carbonyl (C=O) groups is 1. The van der Waals surface area contributed by atoms with E-state index in [-0.39, 0.29) is 23.0 Å². The first-order chi connectivity index (χ1) is 14.7. The van der Waals surface area contributed by atoms with Crippen molar-refractivity contribution in [1.82, 2.24) is 0 Å². The third kappa shape index (κ3) is 5.10. The zero-order valence-electron chi connectivity index (χ0n) is 21.0. The summed E-state index contributed by atoms with van der Waals surface area (Å²) in [6.45, 7) is 22.5. The Morgan fingerprint density at radius 2 is 1.69 bits per heavy atom. The number of hydrogen-bond donors (Lipinski definition) is 0. The van der Waals surface area contributed by atoms with E-state index in [0.717, 1.165) is 11.1 Å². The van der Waals surface area contributed by atoms with E-state index in [1.54, 1.807) is 0 Å². The van der Waals surface area contributed by atoms with Crippen molar-refractivity contribution in [3.63, 3.8) is 0 Å². The van der Waals surface area contributed by atoms with Crippen LogP contribution in [0.3, 0.4) is 0 Å². The molecule has 1 spiro atoms. The summed E-state index contributed by atoms with van der Waals surface area (Å²) in [4.78, 5) is 12.8. The summed E-state index contributed by atoms with van der Waals surface area (Å²) in [5.74, 6) is 0.133. The minimum Gasteiger partial charge on any atom is -0.411 e. The summed E-state index contributed by atoms with van der Waals surface area (Å²) in [7, 11) is -4.05. The van der Waals surface area contributed by atoms with Gasteiger partial charge in [0.25, 0.3) is 0 Å². The summed E-state index contributed by atoms with van der Waals surface area (Å²) in [6, 6.07) is 10.0. The lowest BCUT2D eigenvalue weighted by molar-refractivity contribution is -0.179. The Morgan fingerprint density at radius 3 is 2.22 bits per heavy atom. The second-order valence-corrected chi connectivity index (χ2v) is 21.0. The highest BCUT2D eigenvalue weighted by atomic mass is 28.4. The van der Waals surface area contributed by atoms with Crippen molar-refractivity contribution in [3.8, 4) is 0 Å². The van der Waals surface area contributed by atoms with Crippen LogP contribution in [-0.4, -0.2) is 40.7 Å². The molecule has 0 radical (unpaired) electrons. The van der Waals surface area contributed by atoms with Crippen LogP contribution >= 0.6 is 0 Å². The zero-order chi connectivity index (χ0) is 23.9. The third-order valence-electron chi connectivity index (χ3n) is 7.01. The van der Waals surface area contributed by atoms with Gasteiger partial charge in [-0.25, -0.2) is 0 Å². The molecule has 4 nitrogen and oxygen atoms in total. The number of rotatable bonds is 7. The first-order valence-electron chi connectivity index (χ1n) is 11.6. The molecule has 1 fully saturated rings. The second kappa shape index (κ2) is 8.80. The fourth-order valence-electron chi connectivity index (χ4n) is 4.17. The molecule has 32 heavy (non-hydrogen) atoms. The largest absolute Gasteiger partial charge is 0.411 e. The van der Waals surface area contributed by atoms with Crippen molar-refractivity contribution in [3.05, 3.63) is 60.2 Å². The van der Waals surface area contributed by atoms with E-state index in [0.29, 0.717) is 13.0 Å². The monoisotopic (exact) mass is 472 g/mol. The van der Waals surface area contributed by atoms with E-state index in [9.17, 15) is 4.79 Å². The standard InChI is InChI=1S/C26H40O4Si2/c1-19-15-16-26(17-21(27)23(26)28-18-20-13-11-10-12-14-20)24(30-31(5,6)7)22(19)29-32(8,9)25(2,3)4/h10-16,22-24H,1,17-18H2,2-9H3/t22-,23?,24+,26-/m0/s1. The number of Topliss-reactive ketones (excluding diaryl/α,β-unsaturated/α-hetero) is 1. The number of benzene rings is 1. The number of ether oxygens (including phenoxy) is 1. The smallest absolute Gasteiger partial charge is 0.193 e. The molecule has 2 aliphatic carbocycles. The third-order valence-corrected chi connectivity index (χ3v) is 12.4. The van der Waals surface area contributed by atoms with E-state index in [2.05, 4.69) is 66.2 Å². The van der Waals surface area contributed by atoms with E-state index < -0.39 is 28.2 Å². The summed E-state index contributed by atoms with van der Waals surface area (Å²) < 4.78 is 20.0. The lowest BCUT2D eigenvalue weighted by Gasteiger charge is -2.56. The minimum atomic E-state index is -2.10. The molecule has 0 aliphatic heterocycles. The molecule has 0 N–H and O–H groups in total. The molecular weight excluding hydrogens is 432 g/mol. The maximum absolute atomic E-state index is 12.8. The molecule has 0 bridgehead atoms. The van der Waals surface area contributed by atoms with Gasteiger partial charge in [0.1, 0.15) is 6.10 Å². The maximum Gasteiger partial charge on any atom is 0.193 e. The summed E-state index contributed by atoms with van der Waals surface area (Å²) in [6.07, 6.45) is 3.49. The van der Waals surface area contributed by atoms with Gasteiger partial charge >= 0.3 is 0 Å². The highest BCUT2D eigenvalue weighted by Crippen LogP contribution is 2.53. The Labute approximate surface area is 196 Å². The zero-order valence-corrected chi connectivity index (χ0v) is 23.0. The van der Waals surface area contributed by atoms with Crippen LogP contribution < -0.4 is 0 Å². The van der Waals surface area contributed by atoms with Crippen LogP contribution in [0.25, 0.3) is 0 Å². The molecule has 6 heteroatoms. The molecule has 176 valence electrons. The van der Waals surface area contributed by atoms with E-state index in [1.165, 1.54) is 0 Å². The molecule has 4 atom stereocenters. The van der Waals surface area contributed by atoms with Gasteiger partial charge < -0.3 is 13.6 Å². The maximum atomic E-state index is 12.8. The van der Waals surface area contributed by atoms with Gasteiger partial charge in [-0.15, -0.1) is 0 Å². The fourth-order valence-corrected chi connectivity index (χ4v) is 6.53. The van der Waals surface area contributed by atoms with E-state index in [1.807, 2.05) is 36.4 Å². The van der Waals surface area contributed by atoms with Crippen molar-refractivity contribution in [2.45, 2.75) is 89.9 Å². The van der Waals surface area contributed by atoms with Crippen molar-refractivity contribution in [2.75, 3.05) is 0 Å². The minimum absolute atomic E-state index is 0.0595. The van der Waals surface area contributed by atoms with Gasteiger partial charge in [0.05, 0.1) is 24.2 Å². The average Bonchev–Trinajstić information content (AvgIpc) is 2.65. The fraction of sp³-hybridized carbons (Fsp3) is 0.577. The summed E-state index contributed by atoms with van der Waals surface area (Å²) in [5.41, 5.74) is 1.47. The lowest BCUT2D eigenvalue weighted by Crippen LogP contribution is -2.67. The van der Waals surface area contributed by atoms with E-state index in [4.69, 9.17) is 13.6 Å². The van der Waals surface area contributed by atoms with Gasteiger partial charge in [0, 0.05) is 6.42 Å². The van der Waals surface area contributed by atoms with Crippen molar-refractivity contribution in [2.24, 2.45) is 5.41 Å². The van der Waals surface area contributed by atoms with Gasteiger partial charge in [-0.3, -0.25) is 4.79 Å². The molecule has 0 amide bonds. The molecule has 3 rings (SSSR count). The van der Waals surface area contributed by atoms with Crippen LogP contribution in [0.4, 0.5) is 0 Å². The van der Waals surface area contributed by atoms with Crippen LogP contribution in [0, 0.1) is 5.41 Å². The van der Waals surface area contributed by atoms with Gasteiger partial charge in [-0.1, -0.05) is 69.8 Å². The second-order valence-electron chi connectivity index (χ2n) is 11.8. The summed E-state index contributed by atoms with van der Waals surface area (Å²) >= 11 is 0. The predicted molar refractivity (Wildman–Crippen MR) is 136 cm³/mol. The topological polar surface area (TPSA) is 44.8 Å². The van der Waals surface area contributed by atoms with Gasteiger partial charge in [0.2, 0.25) is 0 Å². The van der Waals surface area contributed by atoms with Gasteiger partial charge in [-0.2, -0.15) is 0 Å². The first-order valence-corrected chi connectivity index (χ1v) is 17.9. The number of carbonyl (C=O) groups excluding carboxylic acids is 1.